The molecule has 0 radical (unpaired) electrons. The van der Waals surface area contributed by atoms with E-state index < -0.39 is 12.1 Å². The second-order valence-corrected chi connectivity index (χ2v) is 9.51. The number of nitrogens with zero attached hydrogens (tertiary/aromatic N) is 4. The SMILES string of the molecule is CCCCc1ccc(NC(=S)NC(C(=O)O)n2nnnc2-c2ccccc2Oc2ccc(Cl)cc2Cl)cc1. The molecule has 12 heteroatoms. The normalized spacial score (nSPS) is 11.6. The van der Waals surface area contributed by atoms with Crippen LogP contribution in [0.3, 0.4) is 0 Å². The molecule has 1 atom stereocenters. The van der Waals surface area contributed by atoms with Gasteiger partial charge < -0.3 is 20.5 Å². The Labute approximate surface area is 234 Å². The zero-order valence-corrected chi connectivity index (χ0v) is 22.6. The fourth-order valence-corrected chi connectivity index (χ4v) is 4.29. The van der Waals surface area contributed by atoms with Gasteiger partial charge in [-0.05, 0) is 83.5 Å². The highest BCUT2D eigenvalue weighted by molar-refractivity contribution is 7.80. The van der Waals surface area contributed by atoms with E-state index in [0.717, 1.165) is 29.6 Å². The number of carboxylic acid groups (broad SMARTS) is 1. The minimum atomic E-state index is -1.41. The standard InChI is InChI=1S/C26H24Cl2N6O3S/c1-2-3-6-16-9-12-18(13-10-16)29-26(38)30-24(25(35)36)34-23(31-32-33-34)19-7-4-5-8-21(19)37-22-14-11-17(27)15-20(22)28/h4-5,7-15,24H,2-3,6H2,1H3,(H,35,36)(H2,29,30,38). The number of hydrogen-bond acceptors (Lipinski definition) is 6. The van der Waals surface area contributed by atoms with Gasteiger partial charge in [-0.25, -0.2) is 4.79 Å². The molecule has 0 aliphatic carbocycles. The largest absolute Gasteiger partial charge is 0.478 e. The third-order valence-corrected chi connectivity index (χ3v) is 6.26. The van der Waals surface area contributed by atoms with Crippen molar-refractivity contribution in [2.24, 2.45) is 0 Å². The van der Waals surface area contributed by atoms with E-state index in [9.17, 15) is 9.90 Å². The molecule has 196 valence electrons. The highest BCUT2D eigenvalue weighted by Crippen LogP contribution is 2.36. The number of tetrazole rings is 1. The van der Waals surface area contributed by atoms with Gasteiger partial charge in [0.1, 0.15) is 11.5 Å². The number of para-hydroxylation sites is 1. The molecule has 1 aromatic heterocycles. The van der Waals surface area contributed by atoms with E-state index in [4.69, 9.17) is 40.2 Å². The molecule has 4 rings (SSSR count). The number of carbonyl (C=O) groups is 1. The van der Waals surface area contributed by atoms with Crippen LogP contribution in [-0.2, 0) is 11.2 Å². The van der Waals surface area contributed by atoms with E-state index in [2.05, 4.69) is 33.1 Å². The molecule has 0 amide bonds. The van der Waals surface area contributed by atoms with E-state index >= 15 is 0 Å². The van der Waals surface area contributed by atoms with Gasteiger partial charge in [0.2, 0.25) is 6.17 Å². The molecule has 1 heterocycles. The maximum atomic E-state index is 12.2. The summed E-state index contributed by atoms with van der Waals surface area (Å²) in [5.74, 6) is -0.368. The van der Waals surface area contributed by atoms with Crippen molar-refractivity contribution in [1.82, 2.24) is 25.5 Å². The summed E-state index contributed by atoms with van der Waals surface area (Å²) in [6, 6.07) is 19.6. The smallest absolute Gasteiger partial charge is 0.349 e. The first kappa shape index (κ1) is 27.3. The summed E-state index contributed by atoms with van der Waals surface area (Å²) >= 11 is 17.6. The van der Waals surface area contributed by atoms with Gasteiger partial charge in [0, 0.05) is 10.7 Å². The number of aromatic nitrogens is 4. The summed E-state index contributed by atoms with van der Waals surface area (Å²) in [5, 5.41) is 28.3. The van der Waals surface area contributed by atoms with Gasteiger partial charge in [-0.3, -0.25) is 0 Å². The lowest BCUT2D eigenvalue weighted by Gasteiger charge is -2.19. The second kappa shape index (κ2) is 12.7. The summed E-state index contributed by atoms with van der Waals surface area (Å²) in [5.41, 5.74) is 2.39. The van der Waals surface area contributed by atoms with E-state index in [-0.39, 0.29) is 10.9 Å². The maximum absolute atomic E-state index is 12.2. The van der Waals surface area contributed by atoms with E-state index in [1.165, 1.54) is 5.56 Å². The van der Waals surface area contributed by atoms with Crippen molar-refractivity contribution in [3.8, 4) is 22.9 Å². The lowest BCUT2D eigenvalue weighted by atomic mass is 10.1. The summed E-state index contributed by atoms with van der Waals surface area (Å²) in [4.78, 5) is 12.2. The van der Waals surface area contributed by atoms with Crippen LogP contribution in [0.4, 0.5) is 5.69 Å². The molecule has 0 aliphatic heterocycles. The van der Waals surface area contributed by atoms with Gasteiger partial charge in [0.15, 0.2) is 10.9 Å². The summed E-state index contributed by atoms with van der Waals surface area (Å²) in [7, 11) is 0. The average molecular weight is 571 g/mol. The van der Waals surface area contributed by atoms with Gasteiger partial charge in [-0.15, -0.1) is 5.10 Å². The molecule has 0 bridgehead atoms. The molecule has 0 aliphatic rings. The van der Waals surface area contributed by atoms with Gasteiger partial charge in [-0.1, -0.05) is 60.8 Å². The van der Waals surface area contributed by atoms with E-state index in [1.54, 1.807) is 42.5 Å². The van der Waals surface area contributed by atoms with Crippen LogP contribution in [0.1, 0.15) is 31.5 Å². The van der Waals surface area contributed by atoms with Gasteiger partial charge in [0.25, 0.3) is 0 Å². The first-order valence-corrected chi connectivity index (χ1v) is 12.9. The van der Waals surface area contributed by atoms with Crippen molar-refractivity contribution in [2.75, 3.05) is 5.32 Å². The number of aliphatic carboxylic acids is 1. The van der Waals surface area contributed by atoms with Gasteiger partial charge in [0.05, 0.1) is 10.6 Å². The molecule has 3 aromatic carbocycles. The molecule has 0 spiro atoms. The Kier molecular flexibility index (Phi) is 9.11. The number of unbranched alkanes of at least 4 members (excludes halogenated alkanes) is 1. The molecular weight excluding hydrogens is 547 g/mol. The number of aryl methyl sites for hydroxylation is 1. The molecular formula is C26H24Cl2N6O3S. The third-order valence-electron chi connectivity index (χ3n) is 5.51. The summed E-state index contributed by atoms with van der Waals surface area (Å²) in [6.07, 6.45) is 1.83. The maximum Gasteiger partial charge on any atom is 0.349 e. The zero-order valence-electron chi connectivity index (χ0n) is 20.3. The number of nitrogens with one attached hydrogen (secondary N) is 2. The van der Waals surface area contributed by atoms with Crippen molar-refractivity contribution >= 4 is 52.2 Å². The molecule has 0 saturated heterocycles. The number of benzene rings is 3. The van der Waals surface area contributed by atoms with Crippen LogP contribution < -0.4 is 15.4 Å². The fraction of sp³-hybridized carbons (Fsp3) is 0.192. The Balaban J connectivity index is 1.55. The Morgan fingerprint density at radius 2 is 1.87 bits per heavy atom. The van der Waals surface area contributed by atoms with Gasteiger partial charge >= 0.3 is 5.97 Å². The highest BCUT2D eigenvalue weighted by Gasteiger charge is 2.27. The van der Waals surface area contributed by atoms with Crippen LogP contribution in [0.25, 0.3) is 11.4 Å². The number of halogens is 2. The van der Waals surface area contributed by atoms with Crippen molar-refractivity contribution in [3.05, 3.63) is 82.3 Å². The van der Waals surface area contributed by atoms with Crippen molar-refractivity contribution < 1.29 is 14.6 Å². The monoisotopic (exact) mass is 570 g/mol. The van der Waals surface area contributed by atoms with Crippen LogP contribution in [0, 0.1) is 0 Å². The number of ether oxygens (including phenoxy) is 1. The Hall–Kier alpha value is -3.73. The molecule has 38 heavy (non-hydrogen) atoms. The quantitative estimate of drug-likeness (QED) is 0.187. The Morgan fingerprint density at radius 3 is 2.58 bits per heavy atom. The second-order valence-electron chi connectivity index (χ2n) is 8.26. The lowest BCUT2D eigenvalue weighted by Crippen LogP contribution is -2.40. The molecule has 1 unspecified atom stereocenters. The van der Waals surface area contributed by atoms with Crippen LogP contribution in [0.5, 0.6) is 11.5 Å². The fourth-order valence-electron chi connectivity index (χ4n) is 3.62. The number of anilines is 1. The number of thiocarbonyl (C=S) groups is 1. The first-order valence-electron chi connectivity index (χ1n) is 11.7. The summed E-state index contributed by atoms with van der Waals surface area (Å²) in [6.45, 7) is 2.15. The number of hydrogen-bond donors (Lipinski definition) is 3. The van der Waals surface area contributed by atoms with Crippen LogP contribution in [0.2, 0.25) is 10.0 Å². The zero-order chi connectivity index (χ0) is 27.1. The predicted octanol–water partition coefficient (Wildman–Crippen LogP) is 6.35. The van der Waals surface area contributed by atoms with Gasteiger partial charge in [-0.2, -0.15) is 4.68 Å². The average Bonchev–Trinajstić information content (AvgIpc) is 3.38. The molecule has 9 nitrogen and oxygen atoms in total. The topological polar surface area (TPSA) is 114 Å². The van der Waals surface area contributed by atoms with Crippen LogP contribution in [0.15, 0.2) is 66.7 Å². The molecule has 3 N–H and O–H groups in total. The highest BCUT2D eigenvalue weighted by atomic mass is 35.5. The summed E-state index contributed by atoms with van der Waals surface area (Å²) < 4.78 is 7.12. The van der Waals surface area contributed by atoms with E-state index in [1.807, 2.05) is 24.3 Å². The minimum Gasteiger partial charge on any atom is -0.478 e. The van der Waals surface area contributed by atoms with Crippen molar-refractivity contribution in [3.63, 3.8) is 0 Å². The van der Waals surface area contributed by atoms with Crippen LogP contribution in [-0.4, -0.2) is 36.4 Å². The number of carboxylic acids is 1. The molecule has 0 saturated carbocycles. The Bertz CT molecular complexity index is 1430. The van der Waals surface area contributed by atoms with E-state index in [0.29, 0.717) is 27.1 Å². The third kappa shape index (κ3) is 6.77. The number of rotatable bonds is 10. The molecule has 0 fully saturated rings. The molecule has 4 aromatic rings. The first-order chi connectivity index (χ1) is 18.4. The predicted molar refractivity (Wildman–Crippen MR) is 151 cm³/mol. The lowest BCUT2D eigenvalue weighted by molar-refractivity contribution is -0.141. The van der Waals surface area contributed by atoms with Crippen molar-refractivity contribution in [2.45, 2.75) is 32.4 Å². The van der Waals surface area contributed by atoms with Crippen LogP contribution >= 0.6 is 35.4 Å². The minimum absolute atomic E-state index is 0.0950. The van der Waals surface area contributed by atoms with Crippen molar-refractivity contribution in [1.29, 1.82) is 0 Å². The Morgan fingerprint density at radius 1 is 1.11 bits per heavy atom.